The Hall–Kier alpha value is -0.610. The molecule has 4 heteroatoms. The van der Waals surface area contributed by atoms with Crippen molar-refractivity contribution in [2.45, 2.75) is 32.3 Å². The Kier molecular flexibility index (Phi) is 3.89. The summed E-state index contributed by atoms with van der Waals surface area (Å²) in [6, 6.07) is 0. The van der Waals surface area contributed by atoms with Crippen LogP contribution in [0, 0.1) is 0 Å². The molecule has 1 heterocycles. The third-order valence-corrected chi connectivity index (χ3v) is 2.95. The minimum Gasteiger partial charge on any atom is -0.389 e. The second-order valence-electron chi connectivity index (χ2n) is 3.99. The number of hydrogen-bond acceptors (Lipinski definition) is 3. The highest BCUT2D eigenvalue weighted by Gasteiger charge is 2.27. The fourth-order valence-corrected chi connectivity index (χ4v) is 1.72. The van der Waals surface area contributed by atoms with E-state index in [1.807, 2.05) is 18.7 Å². The summed E-state index contributed by atoms with van der Waals surface area (Å²) < 4.78 is 0. The fourth-order valence-electron chi connectivity index (χ4n) is 1.72. The summed E-state index contributed by atoms with van der Waals surface area (Å²) in [6.07, 6.45) is 1.48. The third-order valence-electron chi connectivity index (χ3n) is 2.95. The zero-order valence-corrected chi connectivity index (χ0v) is 9.05. The lowest BCUT2D eigenvalue weighted by molar-refractivity contribution is -0.125. The predicted molar refractivity (Wildman–Crippen MR) is 55.0 cm³/mol. The Labute approximate surface area is 85.3 Å². The van der Waals surface area contributed by atoms with E-state index < -0.39 is 5.60 Å². The first-order valence-electron chi connectivity index (χ1n) is 5.31. The van der Waals surface area contributed by atoms with E-state index in [1.165, 1.54) is 0 Å². The highest BCUT2D eigenvalue weighted by Crippen LogP contribution is 2.16. The molecule has 2 N–H and O–H groups in total. The fraction of sp³-hybridized carbons (Fsp3) is 0.900. The number of aliphatic hydroxyl groups is 1. The van der Waals surface area contributed by atoms with E-state index in [0.717, 1.165) is 19.4 Å². The van der Waals surface area contributed by atoms with Gasteiger partial charge in [-0.15, -0.1) is 0 Å². The molecule has 0 aliphatic carbocycles. The molecule has 0 bridgehead atoms. The standard InChI is InChI=1S/C10H20N2O2/c1-3-10(14,4-2)8-12-6-5-11-9(13)7-12/h14H,3-8H2,1-2H3,(H,11,13). The summed E-state index contributed by atoms with van der Waals surface area (Å²) in [5.74, 6) is 0.0609. The van der Waals surface area contributed by atoms with Crippen molar-refractivity contribution in [1.82, 2.24) is 10.2 Å². The number of carbonyl (C=O) groups excluding carboxylic acids is 1. The first-order valence-corrected chi connectivity index (χ1v) is 5.31. The number of amides is 1. The maximum atomic E-state index is 11.1. The predicted octanol–water partition coefficient (Wildman–Crippen LogP) is -0.0307. The maximum Gasteiger partial charge on any atom is 0.234 e. The second kappa shape index (κ2) is 4.75. The molecule has 0 spiro atoms. The van der Waals surface area contributed by atoms with Crippen LogP contribution < -0.4 is 5.32 Å². The van der Waals surface area contributed by atoms with Gasteiger partial charge in [-0.05, 0) is 12.8 Å². The Bertz CT molecular complexity index is 202. The zero-order valence-electron chi connectivity index (χ0n) is 9.05. The van der Waals surface area contributed by atoms with Crippen molar-refractivity contribution >= 4 is 5.91 Å². The van der Waals surface area contributed by atoms with Gasteiger partial charge in [0.05, 0.1) is 12.1 Å². The molecular formula is C10H20N2O2. The number of nitrogens with zero attached hydrogens (tertiary/aromatic N) is 1. The SMILES string of the molecule is CCC(O)(CC)CN1CCNC(=O)C1. The van der Waals surface area contributed by atoms with Gasteiger partial charge in [0, 0.05) is 19.6 Å². The van der Waals surface area contributed by atoms with Gasteiger partial charge in [0.15, 0.2) is 0 Å². The highest BCUT2D eigenvalue weighted by atomic mass is 16.3. The van der Waals surface area contributed by atoms with Crippen molar-refractivity contribution in [1.29, 1.82) is 0 Å². The molecule has 0 aromatic heterocycles. The molecule has 1 amide bonds. The van der Waals surface area contributed by atoms with Gasteiger partial charge in [0.25, 0.3) is 0 Å². The molecule has 1 aliphatic heterocycles. The topological polar surface area (TPSA) is 52.6 Å². The molecular weight excluding hydrogens is 180 g/mol. The van der Waals surface area contributed by atoms with Gasteiger partial charge in [-0.3, -0.25) is 9.69 Å². The molecule has 1 rings (SSSR count). The number of nitrogens with one attached hydrogen (secondary N) is 1. The van der Waals surface area contributed by atoms with Crippen LogP contribution in [-0.4, -0.2) is 47.7 Å². The minimum atomic E-state index is -0.627. The molecule has 0 aromatic carbocycles. The average Bonchev–Trinajstić information content (AvgIpc) is 2.18. The van der Waals surface area contributed by atoms with Crippen LogP contribution in [0.2, 0.25) is 0 Å². The number of rotatable bonds is 4. The summed E-state index contributed by atoms with van der Waals surface area (Å²) in [5, 5.41) is 12.9. The monoisotopic (exact) mass is 200 g/mol. The molecule has 1 aliphatic rings. The van der Waals surface area contributed by atoms with Crippen LogP contribution >= 0.6 is 0 Å². The summed E-state index contributed by atoms with van der Waals surface area (Å²) in [7, 11) is 0. The Balaban J connectivity index is 2.45. The Morgan fingerprint density at radius 2 is 2.14 bits per heavy atom. The number of hydrogen-bond donors (Lipinski definition) is 2. The first-order chi connectivity index (χ1) is 6.59. The molecule has 14 heavy (non-hydrogen) atoms. The lowest BCUT2D eigenvalue weighted by Crippen LogP contribution is -2.52. The van der Waals surface area contributed by atoms with Gasteiger partial charge in [0.2, 0.25) is 5.91 Å². The van der Waals surface area contributed by atoms with Crippen molar-refractivity contribution in [3.05, 3.63) is 0 Å². The lowest BCUT2D eigenvalue weighted by Gasteiger charge is -2.34. The zero-order chi connectivity index (χ0) is 10.6. The molecule has 0 radical (unpaired) electrons. The van der Waals surface area contributed by atoms with E-state index in [1.54, 1.807) is 0 Å². The van der Waals surface area contributed by atoms with Crippen LogP contribution in [0.3, 0.4) is 0 Å². The molecule has 0 atom stereocenters. The number of piperazine rings is 1. The average molecular weight is 200 g/mol. The van der Waals surface area contributed by atoms with Gasteiger partial charge in [-0.1, -0.05) is 13.8 Å². The summed E-state index contributed by atoms with van der Waals surface area (Å²) in [5.41, 5.74) is -0.627. The molecule has 0 saturated carbocycles. The second-order valence-corrected chi connectivity index (χ2v) is 3.99. The van der Waals surface area contributed by atoms with E-state index in [4.69, 9.17) is 0 Å². The van der Waals surface area contributed by atoms with Crippen molar-refractivity contribution in [2.24, 2.45) is 0 Å². The number of carbonyl (C=O) groups is 1. The smallest absolute Gasteiger partial charge is 0.234 e. The van der Waals surface area contributed by atoms with Crippen molar-refractivity contribution in [3.63, 3.8) is 0 Å². The lowest BCUT2D eigenvalue weighted by atomic mass is 9.96. The van der Waals surface area contributed by atoms with E-state index in [0.29, 0.717) is 19.6 Å². The van der Waals surface area contributed by atoms with Gasteiger partial charge < -0.3 is 10.4 Å². The van der Waals surface area contributed by atoms with Crippen molar-refractivity contribution in [3.8, 4) is 0 Å². The van der Waals surface area contributed by atoms with Gasteiger partial charge in [0.1, 0.15) is 0 Å². The molecule has 1 saturated heterocycles. The van der Waals surface area contributed by atoms with Crippen molar-refractivity contribution < 1.29 is 9.90 Å². The van der Waals surface area contributed by atoms with Gasteiger partial charge >= 0.3 is 0 Å². The number of β-amino-alcohol motifs (C(OH)–C–C–N with tert-alkyl or cyclic N) is 1. The maximum absolute atomic E-state index is 11.1. The van der Waals surface area contributed by atoms with Crippen LogP contribution in [0.5, 0.6) is 0 Å². The first kappa shape index (κ1) is 11.5. The summed E-state index contributed by atoms with van der Waals surface area (Å²) in [4.78, 5) is 13.1. The van der Waals surface area contributed by atoms with Gasteiger partial charge in [-0.2, -0.15) is 0 Å². The largest absolute Gasteiger partial charge is 0.389 e. The van der Waals surface area contributed by atoms with E-state index in [2.05, 4.69) is 5.32 Å². The minimum absolute atomic E-state index is 0.0609. The Morgan fingerprint density at radius 3 is 2.64 bits per heavy atom. The molecule has 1 fully saturated rings. The molecule has 82 valence electrons. The van der Waals surface area contributed by atoms with Crippen LogP contribution in [0.4, 0.5) is 0 Å². The summed E-state index contributed by atoms with van der Waals surface area (Å²) in [6.45, 7) is 6.52. The highest BCUT2D eigenvalue weighted by molar-refractivity contribution is 5.78. The molecule has 0 aromatic rings. The normalized spacial score (nSPS) is 19.5. The van der Waals surface area contributed by atoms with E-state index in [-0.39, 0.29) is 5.91 Å². The van der Waals surface area contributed by atoms with Crippen LogP contribution in [0.1, 0.15) is 26.7 Å². The van der Waals surface area contributed by atoms with Crippen LogP contribution in [0.15, 0.2) is 0 Å². The quantitative estimate of drug-likeness (QED) is 0.670. The Morgan fingerprint density at radius 1 is 1.50 bits per heavy atom. The van der Waals surface area contributed by atoms with Crippen LogP contribution in [0.25, 0.3) is 0 Å². The van der Waals surface area contributed by atoms with Crippen LogP contribution in [-0.2, 0) is 4.79 Å². The molecule has 4 nitrogen and oxygen atoms in total. The molecule has 0 unspecified atom stereocenters. The third kappa shape index (κ3) is 2.96. The van der Waals surface area contributed by atoms with E-state index in [9.17, 15) is 9.90 Å². The van der Waals surface area contributed by atoms with E-state index >= 15 is 0 Å². The van der Waals surface area contributed by atoms with Crippen molar-refractivity contribution in [2.75, 3.05) is 26.2 Å². The summed E-state index contributed by atoms with van der Waals surface area (Å²) >= 11 is 0. The van der Waals surface area contributed by atoms with Gasteiger partial charge in [-0.25, -0.2) is 0 Å².